The molecule has 3 aromatic rings. The average Bonchev–Trinajstić information content (AvgIpc) is 3.39. The zero-order valence-corrected chi connectivity index (χ0v) is 17.2. The highest BCUT2D eigenvalue weighted by Gasteiger charge is 2.42. The summed E-state index contributed by atoms with van der Waals surface area (Å²) < 4.78 is 2.01. The van der Waals surface area contributed by atoms with Crippen molar-refractivity contribution >= 4 is 17.2 Å². The topological polar surface area (TPSA) is 53.7 Å². The molecule has 0 spiro atoms. The van der Waals surface area contributed by atoms with Crippen molar-refractivity contribution in [2.24, 2.45) is 11.8 Å². The molecule has 0 bridgehead atoms. The maximum atomic E-state index is 13.0. The lowest BCUT2D eigenvalue weighted by Crippen LogP contribution is -2.33. The molecule has 6 heteroatoms. The Morgan fingerprint density at radius 2 is 1.79 bits per heavy atom. The van der Waals surface area contributed by atoms with Crippen LogP contribution in [0.25, 0.3) is 5.52 Å². The molecule has 2 aliphatic heterocycles. The number of pyridine rings is 1. The first-order chi connectivity index (χ1) is 13.9. The SMILES string of the molecule is CC(C)(C)c1cc(N2CC3CN(C(=O)c4cc5ccccn5c4)CC3C2)ncn1. The van der Waals surface area contributed by atoms with Crippen LogP contribution in [-0.2, 0) is 5.41 Å². The predicted octanol–water partition coefficient (Wildman–Crippen LogP) is 3.24. The van der Waals surface area contributed by atoms with Crippen LogP contribution in [0.2, 0.25) is 0 Å². The van der Waals surface area contributed by atoms with E-state index in [4.69, 9.17) is 0 Å². The van der Waals surface area contributed by atoms with Gasteiger partial charge in [0.15, 0.2) is 0 Å². The number of amides is 1. The van der Waals surface area contributed by atoms with Gasteiger partial charge >= 0.3 is 0 Å². The normalized spacial score (nSPS) is 21.8. The van der Waals surface area contributed by atoms with Crippen LogP contribution in [0, 0.1) is 11.8 Å². The van der Waals surface area contributed by atoms with Gasteiger partial charge in [0.05, 0.1) is 11.3 Å². The first-order valence-electron chi connectivity index (χ1n) is 10.3. The smallest absolute Gasteiger partial charge is 0.255 e. The number of carbonyl (C=O) groups is 1. The van der Waals surface area contributed by atoms with Crippen LogP contribution >= 0.6 is 0 Å². The highest BCUT2D eigenvalue weighted by molar-refractivity contribution is 5.95. The van der Waals surface area contributed by atoms with E-state index in [1.807, 2.05) is 46.0 Å². The molecular weight excluding hydrogens is 362 g/mol. The third kappa shape index (κ3) is 3.26. The number of nitrogens with zero attached hydrogens (tertiary/aromatic N) is 5. The van der Waals surface area contributed by atoms with Crippen molar-refractivity contribution in [2.45, 2.75) is 26.2 Å². The minimum atomic E-state index is 0.0115. The molecule has 0 N–H and O–H groups in total. The summed E-state index contributed by atoms with van der Waals surface area (Å²) in [6.45, 7) is 10.1. The Balaban J connectivity index is 1.28. The molecule has 5 heterocycles. The van der Waals surface area contributed by atoms with E-state index in [1.54, 1.807) is 6.33 Å². The molecule has 2 unspecified atom stereocenters. The second-order valence-corrected chi connectivity index (χ2v) is 9.41. The third-order valence-electron chi connectivity index (χ3n) is 6.27. The molecular formula is C23H27N5O. The van der Waals surface area contributed by atoms with Crippen molar-refractivity contribution in [3.8, 4) is 0 Å². The Morgan fingerprint density at radius 3 is 2.48 bits per heavy atom. The number of likely N-dealkylation sites (tertiary alicyclic amines) is 1. The molecule has 2 atom stereocenters. The lowest BCUT2D eigenvalue weighted by atomic mass is 9.92. The number of hydrogen-bond donors (Lipinski definition) is 0. The van der Waals surface area contributed by atoms with E-state index in [2.05, 4.69) is 41.7 Å². The van der Waals surface area contributed by atoms with Gasteiger partial charge in [-0.1, -0.05) is 26.8 Å². The van der Waals surface area contributed by atoms with Crippen LogP contribution in [0.15, 0.2) is 49.1 Å². The van der Waals surface area contributed by atoms with Gasteiger partial charge in [0, 0.05) is 67.4 Å². The molecule has 150 valence electrons. The lowest BCUT2D eigenvalue weighted by Gasteiger charge is -2.24. The summed E-state index contributed by atoms with van der Waals surface area (Å²) in [5.74, 6) is 2.16. The third-order valence-corrected chi connectivity index (χ3v) is 6.27. The molecule has 0 aliphatic carbocycles. The highest BCUT2D eigenvalue weighted by atomic mass is 16.2. The fraction of sp³-hybridized carbons (Fsp3) is 0.435. The molecule has 0 aromatic carbocycles. The van der Waals surface area contributed by atoms with Crippen molar-refractivity contribution in [3.05, 3.63) is 60.3 Å². The van der Waals surface area contributed by atoms with Crippen molar-refractivity contribution in [1.82, 2.24) is 19.3 Å². The number of anilines is 1. The Hall–Kier alpha value is -2.89. The maximum absolute atomic E-state index is 13.0. The van der Waals surface area contributed by atoms with Crippen molar-refractivity contribution in [2.75, 3.05) is 31.1 Å². The summed E-state index contributed by atoms with van der Waals surface area (Å²) in [4.78, 5) is 26.4. The van der Waals surface area contributed by atoms with Crippen LogP contribution in [0.4, 0.5) is 5.82 Å². The molecule has 5 rings (SSSR count). The molecule has 0 radical (unpaired) electrons. The Morgan fingerprint density at radius 1 is 1.03 bits per heavy atom. The maximum Gasteiger partial charge on any atom is 0.255 e. The summed E-state index contributed by atoms with van der Waals surface area (Å²) in [5.41, 5.74) is 2.91. The molecule has 2 aliphatic rings. The summed E-state index contributed by atoms with van der Waals surface area (Å²) in [7, 11) is 0. The monoisotopic (exact) mass is 389 g/mol. The zero-order valence-electron chi connectivity index (χ0n) is 17.2. The van der Waals surface area contributed by atoms with Crippen molar-refractivity contribution < 1.29 is 4.79 Å². The van der Waals surface area contributed by atoms with Crippen LogP contribution in [0.1, 0.15) is 36.8 Å². The van der Waals surface area contributed by atoms with Crippen LogP contribution in [0.3, 0.4) is 0 Å². The highest BCUT2D eigenvalue weighted by Crippen LogP contribution is 2.34. The average molecular weight is 390 g/mol. The number of hydrogen-bond acceptors (Lipinski definition) is 4. The summed E-state index contributed by atoms with van der Waals surface area (Å²) in [6, 6.07) is 10.1. The Bertz CT molecular complexity index is 1020. The van der Waals surface area contributed by atoms with Gasteiger partial charge in [0.2, 0.25) is 0 Å². The standard InChI is InChI=1S/C23H27N5O/c1-23(2,3)20-9-21(25-15-24-20)27-11-17-13-28(14-18(17)12-27)22(29)16-8-19-6-4-5-7-26(19)10-16/h4-10,15,17-18H,11-14H2,1-3H3. The first-order valence-corrected chi connectivity index (χ1v) is 10.3. The first kappa shape index (κ1) is 18.2. The van der Waals surface area contributed by atoms with Gasteiger partial charge in [-0.05, 0) is 18.2 Å². The number of rotatable bonds is 2. The van der Waals surface area contributed by atoms with Crippen molar-refractivity contribution in [1.29, 1.82) is 0 Å². The quantitative estimate of drug-likeness (QED) is 0.675. The second-order valence-electron chi connectivity index (χ2n) is 9.41. The molecule has 29 heavy (non-hydrogen) atoms. The van der Waals surface area contributed by atoms with Gasteiger partial charge in [0.25, 0.3) is 5.91 Å². The molecule has 3 aromatic heterocycles. The van der Waals surface area contributed by atoms with Crippen LogP contribution < -0.4 is 4.90 Å². The largest absolute Gasteiger partial charge is 0.356 e. The summed E-state index contributed by atoms with van der Waals surface area (Å²) in [6.07, 6.45) is 5.60. The molecule has 6 nitrogen and oxygen atoms in total. The van der Waals surface area contributed by atoms with Gasteiger partial charge in [0.1, 0.15) is 12.1 Å². The fourth-order valence-electron chi connectivity index (χ4n) is 4.63. The van der Waals surface area contributed by atoms with Gasteiger partial charge in [-0.25, -0.2) is 9.97 Å². The van der Waals surface area contributed by atoms with E-state index in [9.17, 15) is 4.79 Å². The summed E-state index contributed by atoms with van der Waals surface area (Å²) in [5, 5.41) is 0. The van der Waals surface area contributed by atoms with E-state index in [0.717, 1.165) is 48.8 Å². The Kier molecular flexibility index (Phi) is 4.12. The van der Waals surface area contributed by atoms with Crippen molar-refractivity contribution in [3.63, 3.8) is 0 Å². The van der Waals surface area contributed by atoms with Gasteiger partial charge in [-0.15, -0.1) is 0 Å². The van der Waals surface area contributed by atoms with Gasteiger partial charge < -0.3 is 14.2 Å². The molecule has 2 fully saturated rings. The fourth-order valence-corrected chi connectivity index (χ4v) is 4.63. The van der Waals surface area contributed by atoms with E-state index in [0.29, 0.717) is 11.8 Å². The van der Waals surface area contributed by atoms with Gasteiger partial charge in [-0.2, -0.15) is 0 Å². The summed E-state index contributed by atoms with van der Waals surface area (Å²) >= 11 is 0. The Labute approximate surface area is 171 Å². The molecule has 1 amide bonds. The van der Waals surface area contributed by atoms with E-state index >= 15 is 0 Å². The molecule has 0 saturated carbocycles. The van der Waals surface area contributed by atoms with E-state index in [1.165, 1.54) is 0 Å². The number of fused-ring (bicyclic) bond motifs is 2. The lowest BCUT2D eigenvalue weighted by molar-refractivity contribution is 0.0782. The minimum Gasteiger partial charge on any atom is -0.356 e. The predicted molar refractivity (Wildman–Crippen MR) is 113 cm³/mol. The van der Waals surface area contributed by atoms with Crippen LogP contribution in [-0.4, -0.2) is 51.4 Å². The number of carbonyl (C=O) groups excluding carboxylic acids is 1. The van der Waals surface area contributed by atoms with Gasteiger partial charge in [-0.3, -0.25) is 4.79 Å². The molecule has 2 saturated heterocycles. The minimum absolute atomic E-state index is 0.0115. The zero-order chi connectivity index (χ0) is 20.2. The second kappa shape index (κ2) is 6.58. The van der Waals surface area contributed by atoms with E-state index in [-0.39, 0.29) is 11.3 Å². The van der Waals surface area contributed by atoms with E-state index < -0.39 is 0 Å². The number of aromatic nitrogens is 3. The van der Waals surface area contributed by atoms with Crippen LogP contribution in [0.5, 0.6) is 0 Å².